The molecule has 0 atom stereocenters. The number of hydrogen-bond acceptors (Lipinski definition) is 1. The highest BCUT2D eigenvalue weighted by atomic mass is 19.4. The SMILES string of the molecule is CCc1ccc(-c2cc(C(F)(F)F)cc(C(F)(F)F)c2)o1. The van der Waals surface area contributed by atoms with E-state index in [4.69, 9.17) is 4.42 Å². The van der Waals surface area contributed by atoms with Crippen molar-refractivity contribution in [1.82, 2.24) is 0 Å². The van der Waals surface area contributed by atoms with Gasteiger partial charge in [0.1, 0.15) is 11.5 Å². The number of alkyl halides is 6. The number of halogens is 6. The molecule has 0 bridgehead atoms. The number of hydrogen-bond donors (Lipinski definition) is 0. The van der Waals surface area contributed by atoms with Crippen molar-refractivity contribution in [2.24, 2.45) is 0 Å². The summed E-state index contributed by atoms with van der Waals surface area (Å²) in [5.41, 5.74) is -2.97. The first kappa shape index (κ1) is 15.5. The lowest BCUT2D eigenvalue weighted by atomic mass is 10.0. The molecule has 7 heteroatoms. The minimum atomic E-state index is -4.86. The van der Waals surface area contributed by atoms with Crippen molar-refractivity contribution in [2.75, 3.05) is 0 Å². The van der Waals surface area contributed by atoms with Gasteiger partial charge in [0.2, 0.25) is 0 Å². The Hall–Kier alpha value is -1.92. The van der Waals surface area contributed by atoms with Gasteiger partial charge < -0.3 is 4.42 Å². The molecular weight excluding hydrogens is 298 g/mol. The zero-order valence-corrected chi connectivity index (χ0v) is 10.8. The van der Waals surface area contributed by atoms with E-state index in [1.165, 1.54) is 12.1 Å². The summed E-state index contributed by atoms with van der Waals surface area (Å²) in [6.07, 6.45) is -9.24. The molecule has 0 spiro atoms. The van der Waals surface area contributed by atoms with Gasteiger partial charge in [-0.3, -0.25) is 0 Å². The van der Waals surface area contributed by atoms with Crippen LogP contribution in [0.1, 0.15) is 23.8 Å². The fourth-order valence-corrected chi connectivity index (χ4v) is 1.82. The lowest BCUT2D eigenvalue weighted by molar-refractivity contribution is -0.143. The molecule has 0 fully saturated rings. The second-order valence-corrected chi connectivity index (χ2v) is 4.41. The highest BCUT2D eigenvalue weighted by molar-refractivity contribution is 5.60. The van der Waals surface area contributed by atoms with Gasteiger partial charge in [-0.05, 0) is 30.3 Å². The van der Waals surface area contributed by atoms with E-state index >= 15 is 0 Å². The predicted octanol–water partition coefficient (Wildman–Crippen LogP) is 5.55. The number of furan rings is 1. The van der Waals surface area contributed by atoms with Crippen LogP contribution in [0.25, 0.3) is 11.3 Å². The predicted molar refractivity (Wildman–Crippen MR) is 63.5 cm³/mol. The first-order valence-corrected chi connectivity index (χ1v) is 6.00. The first-order chi connectivity index (χ1) is 9.61. The molecule has 1 aromatic carbocycles. The van der Waals surface area contributed by atoms with E-state index in [-0.39, 0.29) is 17.4 Å². The van der Waals surface area contributed by atoms with Crippen molar-refractivity contribution in [3.63, 3.8) is 0 Å². The van der Waals surface area contributed by atoms with Gasteiger partial charge in [0, 0.05) is 12.0 Å². The second-order valence-electron chi connectivity index (χ2n) is 4.41. The summed E-state index contributed by atoms with van der Waals surface area (Å²) in [5.74, 6) is 0.458. The van der Waals surface area contributed by atoms with E-state index < -0.39 is 23.5 Å². The van der Waals surface area contributed by atoms with E-state index in [2.05, 4.69) is 0 Å². The molecule has 21 heavy (non-hydrogen) atoms. The van der Waals surface area contributed by atoms with Gasteiger partial charge in [0.05, 0.1) is 11.1 Å². The van der Waals surface area contributed by atoms with E-state index in [1.54, 1.807) is 6.92 Å². The molecule has 1 heterocycles. The molecule has 0 amide bonds. The average Bonchev–Trinajstić information content (AvgIpc) is 2.85. The Labute approximate surface area is 116 Å². The number of benzene rings is 1. The minimum absolute atomic E-state index is 0.0246. The molecule has 0 saturated carbocycles. The second kappa shape index (κ2) is 5.13. The van der Waals surface area contributed by atoms with Gasteiger partial charge in [0.15, 0.2) is 0 Å². The summed E-state index contributed by atoms with van der Waals surface area (Å²) in [6, 6.07) is 4.26. The van der Waals surface area contributed by atoms with Crippen molar-refractivity contribution in [1.29, 1.82) is 0 Å². The lowest BCUT2D eigenvalue weighted by Crippen LogP contribution is -2.11. The van der Waals surface area contributed by atoms with Gasteiger partial charge >= 0.3 is 12.4 Å². The third-order valence-electron chi connectivity index (χ3n) is 2.88. The molecule has 0 unspecified atom stereocenters. The summed E-state index contributed by atoms with van der Waals surface area (Å²) < 4.78 is 81.6. The third-order valence-corrected chi connectivity index (χ3v) is 2.88. The van der Waals surface area contributed by atoms with Crippen molar-refractivity contribution in [3.05, 3.63) is 47.2 Å². The smallest absolute Gasteiger partial charge is 0.416 e. The van der Waals surface area contributed by atoms with Gasteiger partial charge in [0.25, 0.3) is 0 Å². The van der Waals surface area contributed by atoms with Crippen molar-refractivity contribution < 1.29 is 30.8 Å². The summed E-state index contributed by atoms with van der Waals surface area (Å²) in [6.45, 7) is 1.76. The molecule has 0 aliphatic carbocycles. The zero-order chi connectivity index (χ0) is 15.8. The normalized spacial score (nSPS) is 12.7. The van der Waals surface area contributed by atoms with Crippen LogP contribution >= 0.6 is 0 Å². The van der Waals surface area contributed by atoms with E-state index in [0.717, 1.165) is 0 Å². The molecule has 1 nitrogen and oxygen atoms in total. The van der Waals surface area contributed by atoms with E-state index in [0.29, 0.717) is 24.3 Å². The molecule has 0 aliphatic heterocycles. The lowest BCUT2D eigenvalue weighted by Gasteiger charge is -2.13. The van der Waals surface area contributed by atoms with Crippen LogP contribution in [0, 0.1) is 0 Å². The topological polar surface area (TPSA) is 13.1 Å². The summed E-state index contributed by atoms with van der Waals surface area (Å²) in [4.78, 5) is 0. The molecule has 0 radical (unpaired) electrons. The summed E-state index contributed by atoms with van der Waals surface area (Å²) in [5, 5.41) is 0. The number of aryl methyl sites for hydroxylation is 1. The van der Waals surface area contributed by atoms with Crippen molar-refractivity contribution >= 4 is 0 Å². The van der Waals surface area contributed by atoms with Crippen LogP contribution in [0.2, 0.25) is 0 Å². The van der Waals surface area contributed by atoms with Gasteiger partial charge in [-0.25, -0.2) is 0 Å². The monoisotopic (exact) mass is 308 g/mol. The largest absolute Gasteiger partial charge is 0.461 e. The molecule has 114 valence electrons. The highest BCUT2D eigenvalue weighted by Crippen LogP contribution is 2.38. The Bertz CT molecular complexity index is 603. The van der Waals surface area contributed by atoms with E-state index in [9.17, 15) is 26.3 Å². The molecule has 1 aromatic heterocycles. The summed E-state index contributed by atoms with van der Waals surface area (Å²) >= 11 is 0. The summed E-state index contributed by atoms with van der Waals surface area (Å²) in [7, 11) is 0. The maximum absolute atomic E-state index is 12.7. The molecule has 2 rings (SSSR count). The molecule has 0 saturated heterocycles. The molecule has 0 aliphatic rings. The molecule has 2 aromatic rings. The van der Waals surface area contributed by atoms with Crippen LogP contribution in [0.3, 0.4) is 0 Å². The minimum Gasteiger partial charge on any atom is -0.461 e. The Morgan fingerprint density at radius 3 is 1.76 bits per heavy atom. The number of rotatable bonds is 2. The first-order valence-electron chi connectivity index (χ1n) is 6.00. The standard InChI is InChI=1S/C14H10F6O/c1-2-11-3-4-12(21-11)8-5-9(13(15,16)17)7-10(6-8)14(18,19)20/h3-7H,2H2,1H3. The van der Waals surface area contributed by atoms with Gasteiger partial charge in [-0.1, -0.05) is 6.92 Å². The Morgan fingerprint density at radius 1 is 0.857 bits per heavy atom. The van der Waals surface area contributed by atoms with Crippen LogP contribution < -0.4 is 0 Å². The van der Waals surface area contributed by atoms with Crippen LogP contribution in [0.4, 0.5) is 26.3 Å². The van der Waals surface area contributed by atoms with Crippen molar-refractivity contribution in [3.8, 4) is 11.3 Å². The Morgan fingerprint density at radius 2 is 1.38 bits per heavy atom. The Kier molecular flexibility index (Phi) is 3.78. The maximum Gasteiger partial charge on any atom is 0.416 e. The van der Waals surface area contributed by atoms with Crippen LogP contribution in [-0.2, 0) is 18.8 Å². The zero-order valence-electron chi connectivity index (χ0n) is 10.8. The fourth-order valence-electron chi connectivity index (χ4n) is 1.82. The molecular formula is C14H10F6O. The van der Waals surface area contributed by atoms with Crippen LogP contribution in [0.5, 0.6) is 0 Å². The van der Waals surface area contributed by atoms with Gasteiger partial charge in [-0.2, -0.15) is 26.3 Å². The molecule has 0 N–H and O–H groups in total. The maximum atomic E-state index is 12.7. The fraction of sp³-hybridized carbons (Fsp3) is 0.286. The van der Waals surface area contributed by atoms with E-state index in [1.807, 2.05) is 0 Å². The van der Waals surface area contributed by atoms with Gasteiger partial charge in [-0.15, -0.1) is 0 Å². The Balaban J connectivity index is 2.60. The third kappa shape index (κ3) is 3.40. The van der Waals surface area contributed by atoms with Crippen molar-refractivity contribution in [2.45, 2.75) is 25.7 Å². The average molecular weight is 308 g/mol. The highest BCUT2D eigenvalue weighted by Gasteiger charge is 2.37. The quantitative estimate of drug-likeness (QED) is 0.663. The van der Waals surface area contributed by atoms with Crippen LogP contribution in [0.15, 0.2) is 34.7 Å². The van der Waals surface area contributed by atoms with Crippen LogP contribution in [-0.4, -0.2) is 0 Å².